The van der Waals surface area contributed by atoms with Crippen molar-refractivity contribution < 1.29 is 48.8 Å². The van der Waals surface area contributed by atoms with Crippen LogP contribution in [0.4, 0.5) is 34.6 Å². The number of azo groups is 1. The molecular formula is C26H21N7O11S3. The average Bonchev–Trinajstić information content (AvgIpc) is 2.99. The minimum absolute atomic E-state index is 0.0117. The van der Waals surface area contributed by atoms with Gasteiger partial charge in [0.05, 0.1) is 7.11 Å². The molecule has 0 saturated carbocycles. The Bertz CT molecular complexity index is 2390. The molecule has 0 bridgehead atoms. The first kappa shape index (κ1) is 33.1. The molecule has 6 N–H and O–H groups in total. The van der Waals surface area contributed by atoms with Crippen molar-refractivity contribution >= 4 is 75.8 Å². The summed E-state index contributed by atoms with van der Waals surface area (Å²) in [5.41, 5.74) is -0.741. The lowest BCUT2D eigenvalue weighted by Crippen LogP contribution is -2.05. The molecule has 0 radical (unpaired) electrons. The fraction of sp³-hybridized carbons (Fsp3) is 0.0385. The molecule has 0 aliphatic heterocycles. The van der Waals surface area contributed by atoms with Gasteiger partial charge in [0.25, 0.3) is 30.4 Å². The fourth-order valence-corrected chi connectivity index (χ4v) is 6.13. The zero-order valence-electron chi connectivity index (χ0n) is 23.5. The van der Waals surface area contributed by atoms with Crippen LogP contribution in [0, 0.1) is 0 Å². The van der Waals surface area contributed by atoms with Crippen molar-refractivity contribution in [1.82, 2.24) is 15.0 Å². The highest BCUT2D eigenvalue weighted by Gasteiger charge is 2.26. The van der Waals surface area contributed by atoms with Crippen LogP contribution in [0.2, 0.25) is 0 Å². The van der Waals surface area contributed by atoms with E-state index in [2.05, 4.69) is 35.8 Å². The maximum absolute atomic E-state index is 12.3. The molecule has 47 heavy (non-hydrogen) atoms. The molecule has 0 unspecified atom stereocenters. The summed E-state index contributed by atoms with van der Waals surface area (Å²) in [6, 6.07) is 15.2. The first-order chi connectivity index (χ1) is 22.0. The third kappa shape index (κ3) is 7.40. The topological polar surface area (TPSA) is 280 Å². The van der Waals surface area contributed by atoms with Crippen molar-refractivity contribution in [3.05, 3.63) is 73.1 Å². The van der Waals surface area contributed by atoms with Crippen LogP contribution >= 0.6 is 0 Å². The van der Waals surface area contributed by atoms with Gasteiger partial charge in [0.1, 0.15) is 38.1 Å². The first-order valence-electron chi connectivity index (χ1n) is 12.7. The Morgan fingerprint density at radius 3 is 1.91 bits per heavy atom. The first-order valence-corrected chi connectivity index (χ1v) is 17.0. The Morgan fingerprint density at radius 2 is 1.32 bits per heavy atom. The number of aromatic hydroxyl groups is 1. The summed E-state index contributed by atoms with van der Waals surface area (Å²) in [7, 11) is -14.4. The normalized spacial score (nSPS) is 12.3. The number of anilines is 4. The molecule has 0 aliphatic rings. The summed E-state index contributed by atoms with van der Waals surface area (Å²) >= 11 is 0. The molecule has 0 aliphatic carbocycles. The highest BCUT2D eigenvalue weighted by molar-refractivity contribution is 7.86. The van der Waals surface area contributed by atoms with E-state index in [1.807, 2.05) is 18.2 Å². The molecule has 5 rings (SSSR count). The van der Waals surface area contributed by atoms with Crippen molar-refractivity contribution in [2.45, 2.75) is 14.7 Å². The Kier molecular flexibility index (Phi) is 8.77. The number of methoxy groups -OCH3 is 1. The third-order valence-corrected chi connectivity index (χ3v) is 8.87. The Labute approximate surface area is 266 Å². The molecule has 0 spiro atoms. The minimum atomic E-state index is -5.14. The Hall–Kier alpha value is -5.32. The molecule has 4 aromatic carbocycles. The predicted octanol–water partition coefficient (Wildman–Crippen LogP) is 4.38. The van der Waals surface area contributed by atoms with Crippen LogP contribution in [0.3, 0.4) is 0 Å². The van der Waals surface area contributed by atoms with Crippen molar-refractivity contribution in [3.8, 4) is 11.5 Å². The van der Waals surface area contributed by atoms with Gasteiger partial charge in [-0.2, -0.15) is 30.2 Å². The number of benzene rings is 4. The van der Waals surface area contributed by atoms with Crippen molar-refractivity contribution in [3.63, 3.8) is 0 Å². The molecule has 244 valence electrons. The third-order valence-electron chi connectivity index (χ3n) is 6.25. The number of hydrogen-bond acceptors (Lipinski definition) is 15. The van der Waals surface area contributed by atoms with Gasteiger partial charge >= 0.3 is 0 Å². The second-order valence-electron chi connectivity index (χ2n) is 9.35. The second-order valence-corrected chi connectivity index (χ2v) is 13.5. The number of aromatic nitrogens is 3. The van der Waals surface area contributed by atoms with E-state index < -0.39 is 67.9 Å². The van der Waals surface area contributed by atoms with Crippen LogP contribution in [0.25, 0.3) is 10.8 Å². The van der Waals surface area contributed by atoms with Crippen LogP contribution in [-0.2, 0) is 30.4 Å². The number of rotatable bonds is 10. The Morgan fingerprint density at radius 1 is 0.702 bits per heavy atom. The highest BCUT2D eigenvalue weighted by Crippen LogP contribution is 2.43. The zero-order chi connectivity index (χ0) is 34.1. The lowest BCUT2D eigenvalue weighted by atomic mass is 10.1. The van der Waals surface area contributed by atoms with Crippen LogP contribution < -0.4 is 15.4 Å². The van der Waals surface area contributed by atoms with Gasteiger partial charge in [-0.05, 0) is 47.9 Å². The quantitative estimate of drug-likeness (QED) is 0.0869. The van der Waals surface area contributed by atoms with Gasteiger partial charge in [0, 0.05) is 22.8 Å². The molecule has 1 heterocycles. The van der Waals surface area contributed by atoms with E-state index in [-0.39, 0.29) is 22.7 Å². The minimum Gasteiger partial charge on any atom is -0.505 e. The fourth-order valence-electron chi connectivity index (χ4n) is 4.20. The van der Waals surface area contributed by atoms with Gasteiger partial charge in [0.15, 0.2) is 5.75 Å². The average molecular weight is 704 g/mol. The van der Waals surface area contributed by atoms with E-state index in [0.717, 1.165) is 18.9 Å². The molecule has 0 amide bonds. The van der Waals surface area contributed by atoms with Crippen LogP contribution in [0.15, 0.2) is 98.0 Å². The number of fused-ring (bicyclic) bond motifs is 1. The van der Waals surface area contributed by atoms with Gasteiger partial charge in [-0.1, -0.05) is 18.2 Å². The number of hydrogen-bond donors (Lipinski definition) is 6. The number of nitrogens with zero attached hydrogens (tertiary/aromatic N) is 5. The molecule has 0 fully saturated rings. The number of ether oxygens (including phenoxy) is 1. The standard InChI is InChI=1S/C26H21N7O11S3/c1-44-19-12-20(45(35,36)37)18(11-21(19)46(38,39)40)32-33-23-22(47(41,42)43)10-14-9-16(7-8-17(14)24(23)34)30-26-28-13-27-25(31-26)29-15-5-3-2-4-6-15/h2-13,34H,1H3,(H,35,36,37)(H,38,39,40)(H,41,42,43)(H2,27,28,29,30,31). The maximum Gasteiger partial charge on any atom is 0.298 e. The number of para-hydroxylation sites is 1. The van der Waals surface area contributed by atoms with Crippen molar-refractivity contribution in [2.24, 2.45) is 10.2 Å². The summed E-state index contributed by atoms with van der Waals surface area (Å²) in [5.74, 6) is -1.21. The van der Waals surface area contributed by atoms with Crippen LogP contribution in [0.5, 0.6) is 11.5 Å². The second kappa shape index (κ2) is 12.5. The van der Waals surface area contributed by atoms with Gasteiger partial charge in [-0.3, -0.25) is 13.7 Å². The van der Waals surface area contributed by atoms with Crippen molar-refractivity contribution in [2.75, 3.05) is 17.7 Å². The summed E-state index contributed by atoms with van der Waals surface area (Å²) < 4.78 is 106. The van der Waals surface area contributed by atoms with Crippen LogP contribution in [0.1, 0.15) is 0 Å². The summed E-state index contributed by atoms with van der Waals surface area (Å²) in [6.45, 7) is 0. The van der Waals surface area contributed by atoms with Gasteiger partial charge in [0.2, 0.25) is 11.9 Å². The van der Waals surface area contributed by atoms with E-state index in [0.29, 0.717) is 17.8 Å². The molecule has 5 aromatic rings. The molecule has 21 heteroatoms. The van der Waals surface area contributed by atoms with Crippen molar-refractivity contribution in [1.29, 1.82) is 0 Å². The Balaban J connectivity index is 1.57. The highest BCUT2D eigenvalue weighted by atomic mass is 32.2. The van der Waals surface area contributed by atoms with E-state index >= 15 is 0 Å². The van der Waals surface area contributed by atoms with E-state index in [1.54, 1.807) is 12.1 Å². The van der Waals surface area contributed by atoms with Crippen LogP contribution in [-0.4, -0.2) is 66.1 Å². The number of phenols is 1. The maximum atomic E-state index is 12.3. The molecule has 0 saturated heterocycles. The smallest absolute Gasteiger partial charge is 0.298 e. The summed E-state index contributed by atoms with van der Waals surface area (Å²) in [6.07, 6.45) is 1.25. The summed E-state index contributed by atoms with van der Waals surface area (Å²) in [4.78, 5) is 9.37. The number of phenolic OH excluding ortho intramolecular Hbond substituents is 1. The van der Waals surface area contributed by atoms with E-state index in [4.69, 9.17) is 4.74 Å². The van der Waals surface area contributed by atoms with Gasteiger partial charge < -0.3 is 20.5 Å². The van der Waals surface area contributed by atoms with Gasteiger partial charge in [-0.25, -0.2) is 9.97 Å². The molecule has 18 nitrogen and oxygen atoms in total. The summed E-state index contributed by atoms with van der Waals surface area (Å²) in [5, 5.41) is 24.1. The zero-order valence-corrected chi connectivity index (χ0v) is 26.0. The van der Waals surface area contributed by atoms with Gasteiger partial charge in [-0.15, -0.1) is 10.2 Å². The largest absolute Gasteiger partial charge is 0.505 e. The monoisotopic (exact) mass is 703 g/mol. The lowest BCUT2D eigenvalue weighted by Gasteiger charge is -2.12. The molecule has 1 aromatic heterocycles. The number of nitrogens with one attached hydrogen (secondary N) is 2. The SMILES string of the molecule is COc1cc(S(=O)(=O)O)c(N=Nc2c(S(=O)(=O)O)cc3cc(Nc4ncnc(Nc5ccccc5)n4)ccc3c2O)cc1S(=O)(=O)O. The lowest BCUT2D eigenvalue weighted by molar-refractivity contribution is 0.395. The predicted molar refractivity (Wildman–Crippen MR) is 165 cm³/mol. The van der Waals surface area contributed by atoms with E-state index in [1.165, 1.54) is 24.5 Å². The van der Waals surface area contributed by atoms with E-state index in [9.17, 15) is 44.0 Å². The molecule has 0 atom stereocenters. The molecular weight excluding hydrogens is 683 g/mol.